The predicted molar refractivity (Wildman–Crippen MR) is 136 cm³/mol. The van der Waals surface area contributed by atoms with E-state index in [0.29, 0.717) is 16.9 Å². The number of phenols is 1. The van der Waals surface area contributed by atoms with Crippen molar-refractivity contribution >= 4 is 17.5 Å². The van der Waals surface area contributed by atoms with Crippen LogP contribution in [0.4, 0.5) is 0 Å². The van der Waals surface area contributed by atoms with Gasteiger partial charge in [0.1, 0.15) is 28.6 Å². The van der Waals surface area contributed by atoms with E-state index in [1.807, 2.05) is 12.1 Å². The minimum atomic E-state index is -2.66. The van der Waals surface area contributed by atoms with Crippen molar-refractivity contribution in [2.45, 2.75) is 24.5 Å². The molecule has 0 fully saturated rings. The van der Waals surface area contributed by atoms with Gasteiger partial charge < -0.3 is 30.9 Å². The number of aliphatic hydroxyl groups is 3. The molecule has 10 nitrogen and oxygen atoms in total. The largest absolute Gasteiger partial charge is 0.510 e. The van der Waals surface area contributed by atoms with Gasteiger partial charge in [-0.15, -0.1) is 0 Å². The number of rotatable bonds is 4. The van der Waals surface area contributed by atoms with Crippen molar-refractivity contribution in [3.63, 3.8) is 0 Å². The van der Waals surface area contributed by atoms with Crippen LogP contribution in [0.25, 0.3) is 11.1 Å². The Kier molecular flexibility index (Phi) is 5.85. The number of aromatic hydroxyl groups is 1. The lowest BCUT2D eigenvalue weighted by Crippen LogP contribution is -2.63. The van der Waals surface area contributed by atoms with Gasteiger partial charge in [-0.05, 0) is 67.7 Å². The number of primary amides is 1. The highest BCUT2D eigenvalue weighted by molar-refractivity contribution is 6.24. The Morgan fingerprint density at radius 3 is 2.32 bits per heavy atom. The van der Waals surface area contributed by atoms with Gasteiger partial charge in [-0.3, -0.25) is 19.3 Å². The van der Waals surface area contributed by atoms with Gasteiger partial charge in [-0.2, -0.15) is 0 Å². The summed E-state index contributed by atoms with van der Waals surface area (Å²) in [7, 11) is 4.73. The number of hydrogen-bond donors (Lipinski definition) is 5. The van der Waals surface area contributed by atoms with E-state index in [1.165, 1.54) is 11.0 Å². The fraction of sp³-hybridized carbons (Fsp3) is 0.321. The Morgan fingerprint density at radius 1 is 1.08 bits per heavy atom. The minimum Gasteiger partial charge on any atom is -0.510 e. The summed E-state index contributed by atoms with van der Waals surface area (Å²) in [6.45, 7) is 0. The molecule has 10 heteroatoms. The first-order valence-corrected chi connectivity index (χ1v) is 12.1. The summed E-state index contributed by atoms with van der Waals surface area (Å²) in [5.74, 6) is -6.08. The SMILES string of the molecule is COc1ccc(-c2ccc(O)c3c2C[C@H]2C[C@H]4[C@@H](N(C)C)C(O)=C(C(N)=O)C(=O)[C@@]4(O)C(O)=C2C3=O)cc1. The molecule has 2 aromatic rings. The Labute approximate surface area is 218 Å². The third-order valence-corrected chi connectivity index (χ3v) is 8.01. The van der Waals surface area contributed by atoms with Gasteiger partial charge in [0, 0.05) is 11.5 Å². The summed E-state index contributed by atoms with van der Waals surface area (Å²) in [4.78, 5) is 40.7. The number of phenolic OH excluding ortho intramolecular Hbond substituents is 1. The number of fused-ring (bicyclic) bond motifs is 3. The van der Waals surface area contributed by atoms with Crippen LogP contribution >= 0.6 is 0 Å². The van der Waals surface area contributed by atoms with Gasteiger partial charge in [-0.1, -0.05) is 18.2 Å². The molecule has 4 atom stereocenters. The van der Waals surface area contributed by atoms with Crippen LogP contribution in [0.1, 0.15) is 22.3 Å². The van der Waals surface area contributed by atoms with Gasteiger partial charge in [0.2, 0.25) is 5.78 Å². The number of methoxy groups -OCH3 is 1. The van der Waals surface area contributed by atoms with Crippen molar-refractivity contribution in [2.75, 3.05) is 21.2 Å². The number of Topliss-reactive ketones (excluding diaryl/α,β-unsaturated/α-hetero) is 2. The first kappa shape index (κ1) is 25.5. The quantitative estimate of drug-likeness (QED) is 0.377. The van der Waals surface area contributed by atoms with Crippen LogP contribution in [0.3, 0.4) is 0 Å². The minimum absolute atomic E-state index is 0.0286. The number of carbonyl (C=O) groups is 3. The third-order valence-electron chi connectivity index (χ3n) is 8.01. The van der Waals surface area contributed by atoms with Crippen molar-refractivity contribution in [1.29, 1.82) is 0 Å². The van der Waals surface area contributed by atoms with E-state index in [9.17, 15) is 34.8 Å². The van der Waals surface area contributed by atoms with Gasteiger partial charge in [0.25, 0.3) is 5.91 Å². The Hall–Kier alpha value is -4.15. The Bertz CT molecular complexity index is 1460. The fourth-order valence-corrected chi connectivity index (χ4v) is 6.29. The number of aliphatic hydroxyl groups excluding tert-OH is 2. The summed E-state index contributed by atoms with van der Waals surface area (Å²) in [6.07, 6.45) is 0.244. The number of ether oxygens (including phenoxy) is 1. The fourth-order valence-electron chi connectivity index (χ4n) is 6.29. The topological polar surface area (TPSA) is 171 Å². The van der Waals surface area contributed by atoms with E-state index >= 15 is 0 Å². The van der Waals surface area contributed by atoms with Crippen molar-refractivity contribution in [3.8, 4) is 22.6 Å². The molecule has 0 radical (unpaired) electrons. The van der Waals surface area contributed by atoms with Crippen molar-refractivity contribution < 1.29 is 39.5 Å². The van der Waals surface area contributed by atoms with Gasteiger partial charge in [0.05, 0.1) is 18.7 Å². The highest BCUT2D eigenvalue weighted by Crippen LogP contribution is 2.53. The zero-order valence-electron chi connectivity index (χ0n) is 21.1. The number of nitrogens with two attached hydrogens (primary N) is 1. The van der Waals surface area contributed by atoms with Gasteiger partial charge in [0.15, 0.2) is 11.4 Å². The van der Waals surface area contributed by atoms with Crippen LogP contribution in [0.2, 0.25) is 0 Å². The monoisotopic (exact) mass is 520 g/mol. The highest BCUT2D eigenvalue weighted by Gasteiger charge is 2.63. The van der Waals surface area contributed by atoms with E-state index in [4.69, 9.17) is 10.5 Å². The van der Waals surface area contributed by atoms with Crippen LogP contribution < -0.4 is 10.5 Å². The highest BCUT2D eigenvalue weighted by atomic mass is 16.5. The van der Waals surface area contributed by atoms with Crippen LogP contribution in [-0.4, -0.2) is 75.6 Å². The maximum atomic E-state index is 13.8. The van der Waals surface area contributed by atoms with E-state index in [1.54, 1.807) is 39.4 Å². The van der Waals surface area contributed by atoms with E-state index in [-0.39, 0.29) is 29.7 Å². The van der Waals surface area contributed by atoms with E-state index in [2.05, 4.69) is 0 Å². The number of hydrogen-bond acceptors (Lipinski definition) is 9. The lowest BCUT2D eigenvalue weighted by atomic mass is 9.58. The van der Waals surface area contributed by atoms with E-state index in [0.717, 1.165) is 5.56 Å². The first-order chi connectivity index (χ1) is 17.9. The molecular formula is C28H28N2O8. The molecule has 2 aromatic carbocycles. The standard InChI is InChI=1S/C28H28N2O8/c1-30(2)22-17-11-13-10-16-15(12-4-6-14(38-3)7-5-12)8-9-18(31)20(16)23(32)19(13)25(34)28(17,37)26(35)21(24(22)33)27(29)36/h4-9,13,17,22,31,33-34,37H,10-11H2,1-3H3,(H2,29,36)/t13-,17-,22+,28-/m0/s1. The van der Waals surface area contributed by atoms with Crippen LogP contribution in [0, 0.1) is 11.8 Å². The summed E-state index contributed by atoms with van der Waals surface area (Å²) >= 11 is 0. The van der Waals surface area contributed by atoms with Crippen LogP contribution in [0.5, 0.6) is 11.5 Å². The Morgan fingerprint density at radius 2 is 1.74 bits per heavy atom. The Balaban J connectivity index is 1.70. The number of nitrogens with zero attached hydrogens (tertiary/aromatic N) is 1. The summed E-state index contributed by atoms with van der Waals surface area (Å²) in [5, 5.41) is 44.6. The summed E-state index contributed by atoms with van der Waals surface area (Å²) < 4.78 is 5.23. The average Bonchev–Trinajstić information content (AvgIpc) is 2.86. The van der Waals surface area contributed by atoms with Crippen LogP contribution in [0.15, 0.2) is 59.1 Å². The predicted octanol–water partition coefficient (Wildman–Crippen LogP) is 1.80. The molecule has 3 aliphatic rings. The molecule has 3 aliphatic carbocycles. The van der Waals surface area contributed by atoms with Crippen molar-refractivity contribution in [3.05, 3.63) is 70.2 Å². The molecule has 1 amide bonds. The second kappa shape index (κ2) is 8.71. The molecule has 0 heterocycles. The van der Waals surface area contributed by atoms with Gasteiger partial charge in [-0.25, -0.2) is 0 Å². The second-order valence-corrected chi connectivity index (χ2v) is 10.2. The molecule has 5 rings (SSSR count). The average molecular weight is 521 g/mol. The van der Waals surface area contributed by atoms with E-state index < -0.39 is 58.0 Å². The molecule has 0 bridgehead atoms. The molecule has 198 valence electrons. The number of allylic oxidation sites excluding steroid dienone is 1. The molecular weight excluding hydrogens is 492 g/mol. The number of ketones is 2. The molecule has 0 aromatic heterocycles. The normalized spacial score (nSPS) is 26.7. The second-order valence-electron chi connectivity index (χ2n) is 10.2. The molecule has 38 heavy (non-hydrogen) atoms. The summed E-state index contributed by atoms with van der Waals surface area (Å²) in [5.41, 5.74) is 3.70. The number of benzene rings is 2. The van der Waals surface area contributed by atoms with Crippen molar-refractivity contribution in [1.82, 2.24) is 4.90 Å². The molecule has 0 saturated heterocycles. The lowest BCUT2D eigenvalue weighted by molar-refractivity contribution is -0.148. The number of amides is 1. The number of carbonyl (C=O) groups excluding carboxylic acids is 3. The smallest absolute Gasteiger partial charge is 0.255 e. The van der Waals surface area contributed by atoms with Crippen LogP contribution in [-0.2, 0) is 16.0 Å². The molecule has 6 N–H and O–H groups in total. The molecule has 0 spiro atoms. The zero-order valence-corrected chi connectivity index (χ0v) is 21.1. The molecule has 0 saturated carbocycles. The maximum absolute atomic E-state index is 13.8. The van der Waals surface area contributed by atoms with Gasteiger partial charge >= 0.3 is 0 Å². The zero-order chi connectivity index (χ0) is 27.7. The van der Waals surface area contributed by atoms with Crippen molar-refractivity contribution in [2.24, 2.45) is 17.6 Å². The molecule has 0 unspecified atom stereocenters. The number of likely N-dealkylation sites (N-methyl/N-ethyl adjacent to an activating group) is 1. The summed E-state index contributed by atoms with van der Waals surface area (Å²) in [6, 6.07) is 9.26. The molecule has 0 aliphatic heterocycles. The maximum Gasteiger partial charge on any atom is 0.255 e. The lowest BCUT2D eigenvalue weighted by Gasteiger charge is -2.50. The first-order valence-electron chi connectivity index (χ1n) is 12.1. The third kappa shape index (κ3) is 3.37.